The van der Waals surface area contributed by atoms with Crippen LogP contribution in [0, 0.1) is 11.8 Å². The summed E-state index contributed by atoms with van der Waals surface area (Å²) in [4.78, 5) is 38.3. The number of urea groups is 1. The van der Waals surface area contributed by atoms with E-state index in [1.807, 2.05) is 13.0 Å². The normalized spacial score (nSPS) is 31.8. The summed E-state index contributed by atoms with van der Waals surface area (Å²) in [7, 11) is 0. The van der Waals surface area contributed by atoms with Crippen molar-refractivity contribution in [1.82, 2.24) is 15.5 Å². The molecule has 0 bridgehead atoms. The van der Waals surface area contributed by atoms with Crippen molar-refractivity contribution >= 4 is 17.8 Å². The van der Waals surface area contributed by atoms with Gasteiger partial charge in [-0.15, -0.1) is 0 Å². The maximum absolute atomic E-state index is 12.7. The minimum Gasteiger partial charge on any atom is -0.352 e. The summed E-state index contributed by atoms with van der Waals surface area (Å²) in [5.74, 6) is 1.07. The third-order valence-corrected chi connectivity index (χ3v) is 6.64. The molecule has 2 aliphatic carbocycles. The molecule has 5 atom stereocenters. The molecule has 1 aliphatic heterocycles. The van der Waals surface area contributed by atoms with Crippen LogP contribution in [0.3, 0.4) is 0 Å². The molecule has 1 heterocycles. The van der Waals surface area contributed by atoms with Crippen molar-refractivity contribution in [3.63, 3.8) is 0 Å². The second-order valence-corrected chi connectivity index (χ2v) is 8.34. The van der Waals surface area contributed by atoms with Crippen LogP contribution >= 0.6 is 0 Å². The van der Waals surface area contributed by atoms with Crippen LogP contribution in [0.4, 0.5) is 4.79 Å². The molecule has 28 heavy (non-hydrogen) atoms. The topological polar surface area (TPSA) is 78.5 Å². The van der Waals surface area contributed by atoms with Crippen LogP contribution in [0.15, 0.2) is 30.3 Å². The van der Waals surface area contributed by atoms with Crippen LogP contribution in [0.25, 0.3) is 0 Å². The molecule has 4 rings (SSSR count). The smallest absolute Gasteiger partial charge is 0.324 e. The van der Waals surface area contributed by atoms with Gasteiger partial charge in [0.2, 0.25) is 5.91 Å². The highest BCUT2D eigenvalue weighted by molar-refractivity contribution is 6.05. The number of benzene rings is 1. The lowest BCUT2D eigenvalue weighted by molar-refractivity contribution is -0.132. The molecular weight excluding hydrogens is 354 g/mol. The van der Waals surface area contributed by atoms with Gasteiger partial charge < -0.3 is 10.6 Å². The van der Waals surface area contributed by atoms with E-state index in [9.17, 15) is 14.4 Å². The maximum Gasteiger partial charge on any atom is 0.324 e. The molecule has 6 nitrogen and oxygen atoms in total. The van der Waals surface area contributed by atoms with E-state index in [1.165, 1.54) is 29.7 Å². The third kappa shape index (κ3) is 3.40. The third-order valence-electron chi connectivity index (χ3n) is 6.64. The summed E-state index contributed by atoms with van der Waals surface area (Å²) in [6.07, 6.45) is 5.59. The molecule has 0 spiro atoms. The van der Waals surface area contributed by atoms with Crippen molar-refractivity contribution in [3.05, 3.63) is 35.9 Å². The summed E-state index contributed by atoms with van der Waals surface area (Å²) in [6.45, 7) is 2.31. The molecule has 0 aromatic heterocycles. The highest BCUT2D eigenvalue weighted by Crippen LogP contribution is 2.54. The van der Waals surface area contributed by atoms with E-state index < -0.39 is 6.04 Å². The molecule has 2 saturated carbocycles. The van der Waals surface area contributed by atoms with Gasteiger partial charge in [0.15, 0.2) is 0 Å². The van der Waals surface area contributed by atoms with Gasteiger partial charge in [-0.2, -0.15) is 0 Å². The lowest BCUT2D eigenvalue weighted by Crippen LogP contribution is -2.59. The molecule has 3 aliphatic rings. The first kappa shape index (κ1) is 19.0. The minimum absolute atomic E-state index is 0.0141. The van der Waals surface area contributed by atoms with Crippen LogP contribution in [0.2, 0.25) is 0 Å². The van der Waals surface area contributed by atoms with Gasteiger partial charge in [0.1, 0.15) is 6.04 Å². The first-order valence-corrected chi connectivity index (χ1v) is 10.6. The molecule has 3 fully saturated rings. The van der Waals surface area contributed by atoms with Crippen LogP contribution < -0.4 is 10.6 Å². The van der Waals surface area contributed by atoms with Crippen LogP contribution in [-0.4, -0.2) is 41.4 Å². The predicted molar refractivity (Wildman–Crippen MR) is 106 cm³/mol. The van der Waals surface area contributed by atoms with Gasteiger partial charge in [0, 0.05) is 18.5 Å². The number of rotatable bonds is 6. The number of fused-ring (bicyclic) bond motifs is 1. The fourth-order valence-corrected chi connectivity index (χ4v) is 5.37. The summed E-state index contributed by atoms with van der Waals surface area (Å²) in [6, 6.07) is 9.43. The number of nitrogens with zero attached hydrogens (tertiary/aromatic N) is 1. The molecule has 1 aromatic rings. The predicted octanol–water partition coefficient (Wildman–Crippen LogP) is 2.80. The van der Waals surface area contributed by atoms with E-state index in [1.54, 1.807) is 0 Å². The van der Waals surface area contributed by atoms with Gasteiger partial charge in [0.25, 0.3) is 5.91 Å². The average Bonchev–Trinajstić information content (AvgIpc) is 2.95. The molecular formula is C22H29N3O3. The van der Waals surface area contributed by atoms with Gasteiger partial charge in [-0.1, -0.05) is 50.1 Å². The highest BCUT2D eigenvalue weighted by Gasteiger charge is 2.52. The van der Waals surface area contributed by atoms with Crippen LogP contribution in [0.1, 0.15) is 56.9 Å². The van der Waals surface area contributed by atoms with Crippen LogP contribution in [0.5, 0.6) is 0 Å². The molecule has 150 valence electrons. The number of imide groups is 1. The lowest BCUT2D eigenvalue weighted by atomic mass is 9.53. The van der Waals surface area contributed by atoms with Crippen molar-refractivity contribution in [2.45, 2.75) is 63.5 Å². The van der Waals surface area contributed by atoms with Crippen molar-refractivity contribution in [1.29, 1.82) is 0 Å². The maximum atomic E-state index is 12.7. The number of carbonyl (C=O) groups is 3. The SMILES string of the molecule is CCCN1C(=O)N[C@H](CC(=O)N[C@H]2[C@H]3CCCC[C@H]3[C@@H]2c2ccccc2)C1=O. The molecule has 1 saturated heterocycles. The fourth-order valence-electron chi connectivity index (χ4n) is 5.37. The van der Waals surface area contributed by atoms with E-state index in [4.69, 9.17) is 0 Å². The second kappa shape index (κ2) is 7.94. The number of amides is 4. The van der Waals surface area contributed by atoms with E-state index in [-0.39, 0.29) is 30.3 Å². The first-order valence-electron chi connectivity index (χ1n) is 10.6. The zero-order chi connectivity index (χ0) is 19.7. The average molecular weight is 383 g/mol. The quantitative estimate of drug-likeness (QED) is 0.742. The van der Waals surface area contributed by atoms with E-state index in [0.29, 0.717) is 30.7 Å². The number of carbonyl (C=O) groups excluding carboxylic acids is 3. The molecule has 0 unspecified atom stereocenters. The standard InChI is InChI=1S/C22H29N3O3/c1-2-12-25-21(27)17(23-22(25)28)13-18(26)24-20-16-11-7-6-10-15(16)19(20)14-8-4-3-5-9-14/h3-5,8-9,15-17,19-20H,2,6-7,10-13H2,1H3,(H,23,28)(H,24,26)/t15-,16+,17-,19+,20+/m1/s1. The Bertz CT molecular complexity index is 751. The van der Waals surface area contributed by atoms with Gasteiger partial charge in [-0.05, 0) is 36.7 Å². The second-order valence-electron chi connectivity index (χ2n) is 8.34. The van der Waals surface area contributed by atoms with Crippen molar-refractivity contribution in [2.75, 3.05) is 6.54 Å². The molecule has 0 radical (unpaired) electrons. The van der Waals surface area contributed by atoms with E-state index in [0.717, 1.165) is 6.42 Å². The Morgan fingerprint density at radius 3 is 2.57 bits per heavy atom. The van der Waals surface area contributed by atoms with Gasteiger partial charge in [-0.25, -0.2) is 4.79 Å². The molecule has 4 amide bonds. The van der Waals surface area contributed by atoms with Gasteiger partial charge in [0.05, 0.1) is 6.42 Å². The molecule has 6 heteroatoms. The lowest BCUT2D eigenvalue weighted by Gasteiger charge is -2.55. The molecule has 1 aromatic carbocycles. The Labute approximate surface area is 166 Å². The van der Waals surface area contributed by atoms with Gasteiger partial charge >= 0.3 is 6.03 Å². The highest BCUT2D eigenvalue weighted by atomic mass is 16.2. The Morgan fingerprint density at radius 1 is 1.14 bits per heavy atom. The molecule has 2 N–H and O–H groups in total. The Hall–Kier alpha value is -2.37. The largest absolute Gasteiger partial charge is 0.352 e. The first-order chi connectivity index (χ1) is 13.6. The van der Waals surface area contributed by atoms with Crippen molar-refractivity contribution in [2.24, 2.45) is 11.8 Å². The monoisotopic (exact) mass is 383 g/mol. The number of hydrogen-bond donors (Lipinski definition) is 2. The zero-order valence-electron chi connectivity index (χ0n) is 16.4. The van der Waals surface area contributed by atoms with Crippen molar-refractivity contribution < 1.29 is 14.4 Å². The summed E-state index contributed by atoms with van der Waals surface area (Å²) in [5.41, 5.74) is 1.29. The number of nitrogens with one attached hydrogen (secondary N) is 2. The zero-order valence-corrected chi connectivity index (χ0v) is 16.4. The Morgan fingerprint density at radius 2 is 1.86 bits per heavy atom. The van der Waals surface area contributed by atoms with E-state index in [2.05, 4.69) is 34.9 Å². The number of hydrogen-bond acceptors (Lipinski definition) is 3. The fraction of sp³-hybridized carbons (Fsp3) is 0.591. The Balaban J connectivity index is 1.41. The van der Waals surface area contributed by atoms with Crippen molar-refractivity contribution in [3.8, 4) is 0 Å². The summed E-state index contributed by atoms with van der Waals surface area (Å²) < 4.78 is 0. The van der Waals surface area contributed by atoms with E-state index >= 15 is 0 Å². The Kier molecular flexibility index (Phi) is 5.38. The minimum atomic E-state index is -0.739. The van der Waals surface area contributed by atoms with Crippen LogP contribution in [-0.2, 0) is 9.59 Å². The summed E-state index contributed by atoms with van der Waals surface area (Å²) in [5, 5.41) is 5.87. The van der Waals surface area contributed by atoms with Gasteiger partial charge in [-0.3, -0.25) is 14.5 Å². The summed E-state index contributed by atoms with van der Waals surface area (Å²) >= 11 is 0.